The number of nitrogens with zero attached hydrogens (tertiary/aromatic N) is 1. The van der Waals surface area contributed by atoms with Crippen molar-refractivity contribution in [2.24, 2.45) is 5.73 Å². The van der Waals surface area contributed by atoms with Gasteiger partial charge in [0.2, 0.25) is 0 Å². The van der Waals surface area contributed by atoms with Crippen LogP contribution in [0.15, 0.2) is 0 Å². The Morgan fingerprint density at radius 1 is 1.37 bits per heavy atom. The van der Waals surface area contributed by atoms with Crippen LogP contribution in [-0.4, -0.2) is 36.6 Å². The minimum Gasteiger partial charge on any atom is -0.486 e. The van der Waals surface area contributed by atoms with Crippen molar-refractivity contribution in [3.8, 4) is 5.75 Å². The number of nitrogen functional groups attached to an aromatic ring is 1. The van der Waals surface area contributed by atoms with Gasteiger partial charge >= 0.3 is 0 Å². The topological polar surface area (TPSA) is 81.6 Å². The van der Waals surface area contributed by atoms with Crippen LogP contribution in [0.4, 0.5) is 10.7 Å². The molecule has 1 saturated heterocycles. The van der Waals surface area contributed by atoms with Crippen molar-refractivity contribution in [2.45, 2.75) is 20.0 Å². The molecule has 0 saturated carbocycles. The van der Waals surface area contributed by atoms with E-state index >= 15 is 0 Å². The molecule has 0 aromatic carbocycles. The molecule has 0 bridgehead atoms. The predicted octanol–water partition coefficient (Wildman–Crippen LogP) is 1.77. The summed E-state index contributed by atoms with van der Waals surface area (Å²) in [5.74, 6) is 2.27. The summed E-state index contributed by atoms with van der Waals surface area (Å²) in [6, 6.07) is 0. The van der Waals surface area contributed by atoms with Crippen LogP contribution in [-0.2, 0) is 0 Å². The van der Waals surface area contributed by atoms with E-state index in [1.165, 1.54) is 11.3 Å². The van der Waals surface area contributed by atoms with E-state index < -0.39 is 5.91 Å². The van der Waals surface area contributed by atoms with Gasteiger partial charge in [-0.3, -0.25) is 4.79 Å². The third-order valence-electron chi connectivity index (χ3n) is 2.76. The number of ether oxygens (including phenoxy) is 1. The molecule has 1 amide bonds. The van der Waals surface area contributed by atoms with Crippen LogP contribution < -0.4 is 21.1 Å². The minimum atomic E-state index is -0.492. The van der Waals surface area contributed by atoms with Gasteiger partial charge in [-0.15, -0.1) is 11.3 Å². The number of anilines is 2. The van der Waals surface area contributed by atoms with Crippen molar-refractivity contribution < 1.29 is 9.53 Å². The average molecular weight is 301 g/mol. The Morgan fingerprint density at radius 2 is 2.00 bits per heavy atom. The molecule has 1 aromatic rings. The molecule has 2 heterocycles. The van der Waals surface area contributed by atoms with E-state index in [-0.39, 0.29) is 6.10 Å². The number of amides is 1. The highest BCUT2D eigenvalue weighted by atomic mass is 32.2. The first-order valence-corrected chi connectivity index (χ1v) is 8.19. The summed E-state index contributed by atoms with van der Waals surface area (Å²) in [7, 11) is 0. The van der Waals surface area contributed by atoms with E-state index in [0.29, 0.717) is 16.3 Å². The van der Waals surface area contributed by atoms with E-state index in [9.17, 15) is 4.79 Å². The average Bonchev–Trinajstić information content (AvgIpc) is 2.68. The summed E-state index contributed by atoms with van der Waals surface area (Å²) in [4.78, 5) is 14.0. The first-order chi connectivity index (χ1) is 9.00. The van der Waals surface area contributed by atoms with E-state index in [1.54, 1.807) is 0 Å². The van der Waals surface area contributed by atoms with Crippen LogP contribution in [0.25, 0.3) is 0 Å². The number of carbonyl (C=O) groups is 1. The van der Waals surface area contributed by atoms with Crippen LogP contribution in [0.1, 0.15) is 23.5 Å². The second-order valence-electron chi connectivity index (χ2n) is 4.61. The quantitative estimate of drug-likeness (QED) is 0.886. The van der Waals surface area contributed by atoms with Crippen molar-refractivity contribution in [2.75, 3.05) is 35.2 Å². The standard InChI is InChI=1S/C12H19N3O2S2/c1-7(2)17-9-8(13)10(11(14)16)19-12(9)15-3-5-18-6-4-15/h7H,3-6,13H2,1-2H3,(H2,14,16). The van der Waals surface area contributed by atoms with Crippen LogP contribution in [0.2, 0.25) is 0 Å². The molecule has 5 nitrogen and oxygen atoms in total. The fourth-order valence-electron chi connectivity index (χ4n) is 1.92. The maximum atomic E-state index is 11.4. The second kappa shape index (κ2) is 5.92. The fourth-order valence-corrected chi connectivity index (χ4v) is 3.89. The molecular weight excluding hydrogens is 282 g/mol. The van der Waals surface area contributed by atoms with Gasteiger partial charge in [0.05, 0.1) is 6.10 Å². The lowest BCUT2D eigenvalue weighted by atomic mass is 10.3. The number of rotatable bonds is 4. The number of carbonyl (C=O) groups excluding carboxylic acids is 1. The molecule has 0 atom stereocenters. The predicted molar refractivity (Wildman–Crippen MR) is 82.6 cm³/mol. The first kappa shape index (κ1) is 14.3. The smallest absolute Gasteiger partial charge is 0.261 e. The molecule has 19 heavy (non-hydrogen) atoms. The Balaban J connectivity index is 2.38. The third-order valence-corrected chi connectivity index (χ3v) is 4.96. The van der Waals surface area contributed by atoms with Gasteiger partial charge in [-0.2, -0.15) is 11.8 Å². The molecular formula is C12H19N3O2S2. The highest BCUT2D eigenvalue weighted by molar-refractivity contribution is 7.99. The van der Waals surface area contributed by atoms with Crippen LogP contribution in [0.3, 0.4) is 0 Å². The molecule has 0 spiro atoms. The fraction of sp³-hybridized carbons (Fsp3) is 0.583. The monoisotopic (exact) mass is 301 g/mol. The lowest BCUT2D eigenvalue weighted by Crippen LogP contribution is -2.32. The molecule has 0 unspecified atom stereocenters. The van der Waals surface area contributed by atoms with Gasteiger partial charge in [0, 0.05) is 24.6 Å². The van der Waals surface area contributed by atoms with Crippen molar-refractivity contribution in [1.29, 1.82) is 0 Å². The highest BCUT2D eigenvalue weighted by Crippen LogP contribution is 2.45. The van der Waals surface area contributed by atoms with Gasteiger partial charge in [-0.1, -0.05) is 0 Å². The van der Waals surface area contributed by atoms with Crippen molar-refractivity contribution in [3.63, 3.8) is 0 Å². The zero-order valence-electron chi connectivity index (χ0n) is 11.1. The molecule has 2 rings (SSSR count). The first-order valence-electron chi connectivity index (χ1n) is 6.22. The van der Waals surface area contributed by atoms with Gasteiger partial charge in [-0.05, 0) is 13.8 Å². The highest BCUT2D eigenvalue weighted by Gasteiger charge is 2.26. The van der Waals surface area contributed by atoms with Crippen LogP contribution in [0.5, 0.6) is 5.75 Å². The van der Waals surface area contributed by atoms with Crippen molar-refractivity contribution in [3.05, 3.63) is 4.88 Å². The zero-order chi connectivity index (χ0) is 14.0. The van der Waals surface area contributed by atoms with Gasteiger partial charge in [0.25, 0.3) is 5.91 Å². The van der Waals surface area contributed by atoms with Crippen LogP contribution >= 0.6 is 23.1 Å². The molecule has 4 N–H and O–H groups in total. The maximum Gasteiger partial charge on any atom is 0.261 e. The van der Waals surface area contributed by atoms with E-state index in [0.717, 1.165) is 29.6 Å². The minimum absolute atomic E-state index is 0.00976. The Morgan fingerprint density at radius 3 is 2.53 bits per heavy atom. The normalized spacial score (nSPS) is 15.8. The Bertz CT molecular complexity index is 468. The molecule has 106 valence electrons. The number of thioether (sulfide) groups is 1. The molecule has 1 aliphatic heterocycles. The number of nitrogens with two attached hydrogens (primary N) is 2. The third kappa shape index (κ3) is 3.09. The SMILES string of the molecule is CC(C)Oc1c(N2CCSCC2)sc(C(N)=O)c1N. The van der Waals surface area contributed by atoms with Gasteiger partial charge in [0.15, 0.2) is 5.75 Å². The van der Waals surface area contributed by atoms with Crippen molar-refractivity contribution >= 4 is 39.7 Å². The molecule has 7 heteroatoms. The summed E-state index contributed by atoms with van der Waals surface area (Å²) in [5, 5.41) is 0.931. The summed E-state index contributed by atoms with van der Waals surface area (Å²) in [6.07, 6.45) is 0.00976. The second-order valence-corrected chi connectivity index (χ2v) is 6.83. The molecule has 1 aromatic heterocycles. The summed E-state index contributed by atoms with van der Waals surface area (Å²) >= 11 is 3.26. The van der Waals surface area contributed by atoms with Crippen molar-refractivity contribution in [1.82, 2.24) is 0 Å². The van der Waals surface area contributed by atoms with E-state index in [4.69, 9.17) is 16.2 Å². The summed E-state index contributed by atoms with van der Waals surface area (Å²) < 4.78 is 5.79. The van der Waals surface area contributed by atoms with Crippen LogP contribution in [0, 0.1) is 0 Å². The maximum absolute atomic E-state index is 11.4. The van der Waals surface area contributed by atoms with Gasteiger partial charge < -0.3 is 21.1 Å². The van der Waals surface area contributed by atoms with Gasteiger partial charge in [-0.25, -0.2) is 0 Å². The number of primary amides is 1. The molecule has 0 aliphatic carbocycles. The lowest BCUT2D eigenvalue weighted by molar-refractivity contribution is 0.100. The van der Waals surface area contributed by atoms with E-state index in [1.807, 2.05) is 25.6 Å². The zero-order valence-corrected chi connectivity index (χ0v) is 12.8. The Labute approximate surface area is 121 Å². The summed E-state index contributed by atoms with van der Waals surface area (Å²) in [6.45, 7) is 5.77. The largest absolute Gasteiger partial charge is 0.486 e. The number of hydrogen-bond donors (Lipinski definition) is 2. The Kier molecular flexibility index (Phi) is 4.46. The number of hydrogen-bond acceptors (Lipinski definition) is 6. The lowest BCUT2D eigenvalue weighted by Gasteiger charge is -2.28. The summed E-state index contributed by atoms with van der Waals surface area (Å²) in [5.41, 5.74) is 11.8. The molecule has 1 fully saturated rings. The molecule has 1 aliphatic rings. The van der Waals surface area contributed by atoms with Gasteiger partial charge in [0.1, 0.15) is 15.6 Å². The number of thiophene rings is 1. The van der Waals surface area contributed by atoms with E-state index in [2.05, 4.69) is 4.90 Å². The molecule has 0 radical (unpaired) electrons. The Hall–Kier alpha value is -1.08.